The predicted octanol–water partition coefficient (Wildman–Crippen LogP) is 5.03. The Labute approximate surface area is 143 Å². The van der Waals surface area contributed by atoms with E-state index >= 15 is 0 Å². The van der Waals surface area contributed by atoms with Crippen molar-refractivity contribution in [3.05, 3.63) is 82.3 Å². The Kier molecular flexibility index (Phi) is 4.93. The molecule has 3 nitrogen and oxygen atoms in total. The van der Waals surface area contributed by atoms with E-state index in [0.29, 0.717) is 6.54 Å². The summed E-state index contributed by atoms with van der Waals surface area (Å²) in [5.41, 5.74) is 1.99. The minimum atomic E-state index is -0.418. The van der Waals surface area contributed by atoms with Gasteiger partial charge in [-0.1, -0.05) is 70.5 Å². The van der Waals surface area contributed by atoms with E-state index in [4.69, 9.17) is 4.74 Å². The maximum Gasteiger partial charge on any atom is 0.407 e. The molecule has 0 atom stereocenters. The van der Waals surface area contributed by atoms with Gasteiger partial charge in [-0.3, -0.25) is 0 Å². The number of carbonyl (C=O) groups excluding carboxylic acids is 1. The normalized spacial score (nSPS) is 10.5. The van der Waals surface area contributed by atoms with Crippen molar-refractivity contribution in [3.63, 3.8) is 0 Å². The molecule has 0 bridgehead atoms. The molecule has 0 unspecified atom stereocenters. The summed E-state index contributed by atoms with van der Waals surface area (Å²) >= 11 is 3.57. The van der Waals surface area contributed by atoms with Gasteiger partial charge >= 0.3 is 6.09 Å². The van der Waals surface area contributed by atoms with Gasteiger partial charge in [-0.15, -0.1) is 0 Å². The summed E-state index contributed by atoms with van der Waals surface area (Å²) in [6.07, 6.45) is -0.418. The molecule has 0 fully saturated rings. The largest absolute Gasteiger partial charge is 0.445 e. The van der Waals surface area contributed by atoms with Gasteiger partial charge in [-0.25, -0.2) is 4.79 Å². The third-order valence-corrected chi connectivity index (χ3v) is 4.18. The summed E-state index contributed by atoms with van der Waals surface area (Å²) in [6, 6.07) is 21.8. The number of carbonyl (C=O) groups is 1. The highest BCUT2D eigenvalue weighted by Crippen LogP contribution is 2.25. The third-order valence-electron chi connectivity index (χ3n) is 3.52. The lowest BCUT2D eigenvalue weighted by Crippen LogP contribution is -2.23. The number of ether oxygens (including phenoxy) is 1. The number of alkyl carbamates (subject to hydrolysis) is 1. The van der Waals surface area contributed by atoms with Gasteiger partial charge in [0.1, 0.15) is 6.61 Å². The van der Waals surface area contributed by atoms with Crippen LogP contribution < -0.4 is 5.32 Å². The molecule has 0 aromatic heterocycles. The molecule has 4 heteroatoms. The van der Waals surface area contributed by atoms with Gasteiger partial charge in [0, 0.05) is 11.0 Å². The number of hydrogen-bond acceptors (Lipinski definition) is 2. The Bertz CT molecular complexity index is 818. The number of rotatable bonds is 4. The molecule has 3 aromatic carbocycles. The lowest BCUT2D eigenvalue weighted by atomic mass is 10.1. The van der Waals surface area contributed by atoms with Crippen molar-refractivity contribution in [3.8, 4) is 0 Å². The average molecular weight is 370 g/mol. The van der Waals surface area contributed by atoms with Crippen molar-refractivity contribution in [1.82, 2.24) is 5.32 Å². The van der Waals surface area contributed by atoms with E-state index in [9.17, 15) is 4.79 Å². The zero-order valence-corrected chi connectivity index (χ0v) is 14.0. The van der Waals surface area contributed by atoms with E-state index in [1.165, 1.54) is 0 Å². The van der Waals surface area contributed by atoms with Crippen LogP contribution in [0.3, 0.4) is 0 Å². The molecule has 0 radical (unpaired) electrons. The highest BCUT2D eigenvalue weighted by molar-refractivity contribution is 9.10. The SMILES string of the molecule is O=C(NCc1cc(Br)c2ccccc2c1)OCc1ccccc1. The fourth-order valence-electron chi connectivity index (χ4n) is 2.37. The molecule has 116 valence electrons. The first-order valence-corrected chi connectivity index (χ1v) is 8.13. The van der Waals surface area contributed by atoms with Crippen LogP contribution in [0.5, 0.6) is 0 Å². The summed E-state index contributed by atoms with van der Waals surface area (Å²) < 4.78 is 6.22. The van der Waals surface area contributed by atoms with Crippen LogP contribution in [-0.2, 0) is 17.9 Å². The zero-order chi connectivity index (χ0) is 16.1. The first-order chi connectivity index (χ1) is 11.2. The quantitative estimate of drug-likeness (QED) is 0.700. The molecular formula is C19H16BrNO2. The van der Waals surface area contributed by atoms with Crippen molar-refractivity contribution in [1.29, 1.82) is 0 Å². The molecule has 0 saturated heterocycles. The van der Waals surface area contributed by atoms with E-state index in [2.05, 4.69) is 39.4 Å². The molecule has 0 aliphatic heterocycles. The molecule has 0 aliphatic rings. The third kappa shape index (κ3) is 4.11. The van der Waals surface area contributed by atoms with E-state index < -0.39 is 6.09 Å². The van der Waals surface area contributed by atoms with Crippen molar-refractivity contribution < 1.29 is 9.53 Å². The van der Waals surface area contributed by atoms with Crippen molar-refractivity contribution in [2.45, 2.75) is 13.2 Å². The lowest BCUT2D eigenvalue weighted by molar-refractivity contribution is 0.139. The van der Waals surface area contributed by atoms with Gasteiger partial charge in [0.25, 0.3) is 0 Å². The van der Waals surface area contributed by atoms with E-state index in [1.54, 1.807) is 0 Å². The van der Waals surface area contributed by atoms with Gasteiger partial charge < -0.3 is 10.1 Å². The first kappa shape index (κ1) is 15.6. The van der Waals surface area contributed by atoms with Gasteiger partial charge in [-0.2, -0.15) is 0 Å². The molecule has 0 heterocycles. The van der Waals surface area contributed by atoms with Crippen molar-refractivity contribution in [2.75, 3.05) is 0 Å². The van der Waals surface area contributed by atoms with Crippen LogP contribution in [0.15, 0.2) is 71.2 Å². The molecule has 1 N–H and O–H groups in total. The van der Waals surface area contributed by atoms with Crippen LogP contribution in [0.2, 0.25) is 0 Å². The minimum absolute atomic E-state index is 0.272. The van der Waals surface area contributed by atoms with Gasteiger partial charge in [-0.05, 0) is 34.0 Å². The Morgan fingerprint density at radius 3 is 2.52 bits per heavy atom. The zero-order valence-electron chi connectivity index (χ0n) is 12.5. The number of benzene rings is 3. The van der Waals surface area contributed by atoms with Gasteiger partial charge in [0.05, 0.1) is 0 Å². The van der Waals surface area contributed by atoms with E-state index in [0.717, 1.165) is 26.4 Å². The Morgan fingerprint density at radius 1 is 0.957 bits per heavy atom. The summed E-state index contributed by atoms with van der Waals surface area (Å²) in [7, 11) is 0. The lowest BCUT2D eigenvalue weighted by Gasteiger charge is -2.09. The fraction of sp³-hybridized carbons (Fsp3) is 0.105. The maximum absolute atomic E-state index is 11.8. The summed E-state index contributed by atoms with van der Waals surface area (Å²) in [5, 5.41) is 5.07. The monoisotopic (exact) mass is 369 g/mol. The molecule has 3 rings (SSSR count). The number of hydrogen-bond donors (Lipinski definition) is 1. The molecule has 0 spiro atoms. The van der Waals surface area contributed by atoms with Crippen LogP contribution in [0, 0.1) is 0 Å². The predicted molar refractivity (Wildman–Crippen MR) is 95.1 cm³/mol. The molecule has 0 aliphatic carbocycles. The minimum Gasteiger partial charge on any atom is -0.445 e. The average Bonchev–Trinajstić information content (AvgIpc) is 2.59. The van der Waals surface area contributed by atoms with Gasteiger partial charge in [0.15, 0.2) is 0 Å². The molecular weight excluding hydrogens is 354 g/mol. The molecule has 3 aromatic rings. The second-order valence-electron chi connectivity index (χ2n) is 5.21. The number of fused-ring (bicyclic) bond motifs is 1. The van der Waals surface area contributed by atoms with Crippen molar-refractivity contribution in [2.24, 2.45) is 0 Å². The fourth-order valence-corrected chi connectivity index (χ4v) is 3.03. The summed E-state index contributed by atoms with van der Waals surface area (Å²) in [5.74, 6) is 0. The Morgan fingerprint density at radius 2 is 1.70 bits per heavy atom. The number of halogens is 1. The van der Waals surface area contributed by atoms with Crippen molar-refractivity contribution >= 4 is 32.8 Å². The van der Waals surface area contributed by atoms with Crippen LogP contribution in [0.25, 0.3) is 10.8 Å². The number of nitrogens with one attached hydrogen (secondary N) is 1. The maximum atomic E-state index is 11.8. The van der Waals surface area contributed by atoms with Crippen LogP contribution in [0.1, 0.15) is 11.1 Å². The topological polar surface area (TPSA) is 38.3 Å². The smallest absolute Gasteiger partial charge is 0.407 e. The van der Waals surface area contributed by atoms with Crippen LogP contribution in [-0.4, -0.2) is 6.09 Å². The number of amides is 1. The summed E-state index contributed by atoms with van der Waals surface area (Å²) in [4.78, 5) is 11.8. The molecule has 0 saturated carbocycles. The Balaban J connectivity index is 1.58. The first-order valence-electron chi connectivity index (χ1n) is 7.34. The highest BCUT2D eigenvalue weighted by atomic mass is 79.9. The highest BCUT2D eigenvalue weighted by Gasteiger charge is 2.05. The standard InChI is InChI=1S/C19H16BrNO2/c20-18-11-15(10-16-8-4-5-9-17(16)18)12-21-19(22)23-13-14-6-2-1-3-7-14/h1-11H,12-13H2,(H,21,22). The van der Waals surface area contributed by atoms with E-state index in [1.807, 2.05) is 48.5 Å². The van der Waals surface area contributed by atoms with E-state index in [-0.39, 0.29) is 6.61 Å². The Hall–Kier alpha value is -2.33. The van der Waals surface area contributed by atoms with Crippen LogP contribution in [0.4, 0.5) is 4.79 Å². The van der Waals surface area contributed by atoms with Gasteiger partial charge in [0.2, 0.25) is 0 Å². The molecule has 23 heavy (non-hydrogen) atoms. The second kappa shape index (κ2) is 7.29. The molecule has 1 amide bonds. The van der Waals surface area contributed by atoms with Crippen LogP contribution >= 0.6 is 15.9 Å². The summed E-state index contributed by atoms with van der Waals surface area (Å²) in [6.45, 7) is 0.700. The second-order valence-corrected chi connectivity index (χ2v) is 6.07.